The highest BCUT2D eigenvalue weighted by molar-refractivity contribution is 5.16. The number of rotatable bonds is 9. The third-order valence-electron chi connectivity index (χ3n) is 4.42. The number of nitrogens with zero attached hydrogens (tertiary/aromatic N) is 2. The van der Waals surface area contributed by atoms with E-state index in [2.05, 4.69) is 42.1 Å². The molecule has 0 saturated carbocycles. The Morgan fingerprint density at radius 1 is 1.43 bits per heavy atom. The summed E-state index contributed by atoms with van der Waals surface area (Å²) in [5.74, 6) is 1.09. The molecule has 4 heteroatoms. The van der Waals surface area contributed by atoms with Gasteiger partial charge in [0.15, 0.2) is 0 Å². The minimum Gasteiger partial charge on any atom is -0.468 e. The fourth-order valence-electron chi connectivity index (χ4n) is 3.28. The van der Waals surface area contributed by atoms with Crippen molar-refractivity contribution < 1.29 is 4.42 Å². The molecule has 2 rings (SSSR count). The van der Waals surface area contributed by atoms with Gasteiger partial charge in [-0.05, 0) is 52.0 Å². The van der Waals surface area contributed by atoms with Gasteiger partial charge in [-0.25, -0.2) is 0 Å². The number of nitrogens with one attached hydrogen (secondary N) is 1. The van der Waals surface area contributed by atoms with Crippen molar-refractivity contribution in [3.63, 3.8) is 0 Å². The molecule has 1 aromatic rings. The van der Waals surface area contributed by atoms with Crippen LogP contribution >= 0.6 is 0 Å². The van der Waals surface area contributed by atoms with Gasteiger partial charge < -0.3 is 14.6 Å². The smallest absolute Gasteiger partial charge is 0.122 e. The number of hydrogen-bond acceptors (Lipinski definition) is 4. The van der Waals surface area contributed by atoms with Crippen LogP contribution in [0.15, 0.2) is 16.7 Å². The second kappa shape index (κ2) is 8.57. The second-order valence-corrected chi connectivity index (χ2v) is 6.17. The standard InChI is InChI=1S/C17H31N3O/c1-4-9-18-12-17-15(8-11-21-17)13-19(3)14-16-7-6-10-20(16)5-2/h8,11,16,18H,4-7,9-10,12-14H2,1-3H3. The highest BCUT2D eigenvalue weighted by Gasteiger charge is 2.24. The molecule has 120 valence electrons. The predicted molar refractivity (Wildman–Crippen MR) is 87.3 cm³/mol. The lowest BCUT2D eigenvalue weighted by Crippen LogP contribution is -2.38. The maximum Gasteiger partial charge on any atom is 0.122 e. The summed E-state index contributed by atoms with van der Waals surface area (Å²) in [5, 5.41) is 3.42. The van der Waals surface area contributed by atoms with E-state index in [1.165, 1.54) is 31.5 Å². The molecule has 0 spiro atoms. The molecule has 1 atom stereocenters. The molecule has 1 aromatic heterocycles. The molecule has 2 heterocycles. The molecule has 1 saturated heterocycles. The molecule has 1 aliphatic rings. The number of hydrogen-bond donors (Lipinski definition) is 1. The van der Waals surface area contributed by atoms with Crippen molar-refractivity contribution in [1.82, 2.24) is 15.1 Å². The van der Waals surface area contributed by atoms with Gasteiger partial charge in [-0.2, -0.15) is 0 Å². The normalized spacial score (nSPS) is 19.7. The Balaban J connectivity index is 1.82. The first-order chi connectivity index (χ1) is 10.2. The number of likely N-dealkylation sites (N-methyl/N-ethyl adjacent to an activating group) is 2. The van der Waals surface area contributed by atoms with E-state index in [0.717, 1.165) is 44.4 Å². The summed E-state index contributed by atoms with van der Waals surface area (Å²) < 4.78 is 5.62. The van der Waals surface area contributed by atoms with Crippen molar-refractivity contribution in [2.45, 2.75) is 52.2 Å². The molecule has 21 heavy (non-hydrogen) atoms. The summed E-state index contributed by atoms with van der Waals surface area (Å²) in [6, 6.07) is 2.85. The molecule has 1 aliphatic heterocycles. The average Bonchev–Trinajstić information content (AvgIpc) is 3.09. The van der Waals surface area contributed by atoms with Gasteiger partial charge in [0.1, 0.15) is 5.76 Å². The molecule has 0 aliphatic carbocycles. The largest absolute Gasteiger partial charge is 0.468 e. The van der Waals surface area contributed by atoms with Crippen LogP contribution in [0.25, 0.3) is 0 Å². The Labute approximate surface area is 129 Å². The molecule has 0 amide bonds. The highest BCUT2D eigenvalue weighted by atomic mass is 16.3. The molecule has 4 nitrogen and oxygen atoms in total. The van der Waals surface area contributed by atoms with E-state index < -0.39 is 0 Å². The van der Waals surface area contributed by atoms with E-state index in [-0.39, 0.29) is 0 Å². The minimum absolute atomic E-state index is 0.730. The third kappa shape index (κ3) is 4.83. The van der Waals surface area contributed by atoms with Gasteiger partial charge in [0, 0.05) is 24.7 Å². The van der Waals surface area contributed by atoms with Gasteiger partial charge in [-0.1, -0.05) is 13.8 Å². The van der Waals surface area contributed by atoms with Crippen molar-refractivity contribution >= 4 is 0 Å². The zero-order valence-electron chi connectivity index (χ0n) is 13.9. The molecule has 0 radical (unpaired) electrons. The quantitative estimate of drug-likeness (QED) is 0.709. The molecular formula is C17H31N3O. The van der Waals surface area contributed by atoms with Gasteiger partial charge in [-0.3, -0.25) is 4.90 Å². The Morgan fingerprint density at radius 3 is 3.05 bits per heavy atom. The monoisotopic (exact) mass is 293 g/mol. The SMILES string of the molecule is CCCNCc1occc1CN(C)CC1CCCN1CC. The van der Waals surface area contributed by atoms with Crippen molar-refractivity contribution in [2.24, 2.45) is 0 Å². The van der Waals surface area contributed by atoms with E-state index in [0.29, 0.717) is 0 Å². The first-order valence-electron chi connectivity index (χ1n) is 8.43. The zero-order valence-corrected chi connectivity index (χ0v) is 13.9. The lowest BCUT2D eigenvalue weighted by atomic mass is 10.2. The Morgan fingerprint density at radius 2 is 2.29 bits per heavy atom. The summed E-state index contributed by atoms with van der Waals surface area (Å²) in [6.07, 6.45) is 5.67. The number of furan rings is 1. The lowest BCUT2D eigenvalue weighted by molar-refractivity contribution is 0.194. The zero-order chi connectivity index (χ0) is 15.1. The van der Waals surface area contributed by atoms with Crippen LogP contribution in [0, 0.1) is 0 Å². The third-order valence-corrected chi connectivity index (χ3v) is 4.42. The maximum absolute atomic E-state index is 5.62. The first kappa shape index (κ1) is 16.5. The van der Waals surface area contributed by atoms with Crippen molar-refractivity contribution in [3.8, 4) is 0 Å². The fourth-order valence-corrected chi connectivity index (χ4v) is 3.28. The molecule has 1 unspecified atom stereocenters. The highest BCUT2D eigenvalue weighted by Crippen LogP contribution is 2.19. The molecule has 0 bridgehead atoms. The van der Waals surface area contributed by atoms with E-state index in [9.17, 15) is 0 Å². The molecule has 1 N–H and O–H groups in total. The van der Waals surface area contributed by atoms with Gasteiger partial charge in [0.2, 0.25) is 0 Å². The lowest BCUT2D eigenvalue weighted by Gasteiger charge is -2.27. The van der Waals surface area contributed by atoms with Gasteiger partial charge in [-0.15, -0.1) is 0 Å². The van der Waals surface area contributed by atoms with Crippen LogP contribution in [0.3, 0.4) is 0 Å². The van der Waals surface area contributed by atoms with E-state index >= 15 is 0 Å². The Bertz CT molecular complexity index is 404. The van der Waals surface area contributed by atoms with Crippen LogP contribution in [0.2, 0.25) is 0 Å². The van der Waals surface area contributed by atoms with Crippen LogP contribution in [-0.2, 0) is 13.1 Å². The Hall–Kier alpha value is -0.840. The summed E-state index contributed by atoms with van der Waals surface area (Å²) >= 11 is 0. The van der Waals surface area contributed by atoms with Crippen LogP contribution in [0.5, 0.6) is 0 Å². The fraction of sp³-hybridized carbons (Fsp3) is 0.765. The minimum atomic E-state index is 0.730. The van der Waals surface area contributed by atoms with Crippen LogP contribution < -0.4 is 5.32 Å². The Kier molecular flexibility index (Phi) is 6.74. The average molecular weight is 293 g/mol. The van der Waals surface area contributed by atoms with E-state index in [1.54, 1.807) is 0 Å². The topological polar surface area (TPSA) is 31.7 Å². The van der Waals surface area contributed by atoms with Crippen molar-refractivity contribution in [3.05, 3.63) is 23.7 Å². The van der Waals surface area contributed by atoms with Gasteiger partial charge in [0.05, 0.1) is 12.8 Å². The van der Waals surface area contributed by atoms with Crippen LogP contribution in [0.1, 0.15) is 44.4 Å². The molecular weight excluding hydrogens is 262 g/mol. The van der Waals surface area contributed by atoms with Crippen molar-refractivity contribution in [1.29, 1.82) is 0 Å². The number of likely N-dealkylation sites (tertiary alicyclic amines) is 1. The molecule has 1 fully saturated rings. The van der Waals surface area contributed by atoms with Crippen LogP contribution in [0.4, 0.5) is 0 Å². The van der Waals surface area contributed by atoms with Crippen molar-refractivity contribution in [2.75, 3.05) is 33.2 Å². The van der Waals surface area contributed by atoms with Crippen LogP contribution in [-0.4, -0.2) is 49.1 Å². The summed E-state index contributed by atoms with van der Waals surface area (Å²) in [5.41, 5.74) is 1.32. The summed E-state index contributed by atoms with van der Waals surface area (Å²) in [4.78, 5) is 5.04. The predicted octanol–water partition coefficient (Wildman–Crippen LogP) is 2.70. The summed E-state index contributed by atoms with van der Waals surface area (Å²) in [6.45, 7) is 10.9. The van der Waals surface area contributed by atoms with Gasteiger partial charge in [0.25, 0.3) is 0 Å². The van der Waals surface area contributed by atoms with E-state index in [1.807, 2.05) is 6.26 Å². The molecule has 0 aromatic carbocycles. The maximum atomic E-state index is 5.62. The first-order valence-corrected chi connectivity index (χ1v) is 8.43. The van der Waals surface area contributed by atoms with Gasteiger partial charge >= 0.3 is 0 Å². The van der Waals surface area contributed by atoms with E-state index in [4.69, 9.17) is 4.42 Å². The second-order valence-electron chi connectivity index (χ2n) is 6.17. The summed E-state index contributed by atoms with van der Waals surface area (Å²) in [7, 11) is 2.22.